The van der Waals surface area contributed by atoms with E-state index < -0.39 is 0 Å². The Bertz CT molecular complexity index is 947. The van der Waals surface area contributed by atoms with Gasteiger partial charge in [0, 0.05) is 22.2 Å². The molecule has 0 saturated heterocycles. The number of hydrogen-bond donors (Lipinski definition) is 3. The number of benzene rings is 1. The fourth-order valence-corrected chi connectivity index (χ4v) is 2.98. The Morgan fingerprint density at radius 2 is 2.04 bits per heavy atom. The predicted molar refractivity (Wildman–Crippen MR) is 116 cm³/mol. The molecular weight excluding hydrogens is 376 g/mol. The molecule has 4 nitrogen and oxygen atoms in total. The molecule has 1 heterocycles. The summed E-state index contributed by atoms with van der Waals surface area (Å²) in [5.74, 6) is 2.71. The second-order valence-electron chi connectivity index (χ2n) is 5.68. The second kappa shape index (κ2) is 9.26. The van der Waals surface area contributed by atoms with Gasteiger partial charge in [0.25, 0.3) is 5.91 Å². The number of carbonyl (C=O) groups excluding carboxylic acids is 1. The first-order valence-electron chi connectivity index (χ1n) is 8.07. The number of ether oxygens (including phenoxy) is 1. The van der Waals surface area contributed by atoms with Crippen LogP contribution in [0.15, 0.2) is 59.3 Å². The van der Waals surface area contributed by atoms with Gasteiger partial charge in [0.2, 0.25) is 0 Å². The summed E-state index contributed by atoms with van der Waals surface area (Å²) in [5, 5.41) is 2.61. The zero-order chi connectivity index (χ0) is 20.0. The molecular formula is C21H20N2O2S2. The van der Waals surface area contributed by atoms with E-state index in [-0.39, 0.29) is 12.5 Å². The molecule has 2 rings (SSSR count). The SMILES string of the molecule is C#CCNC(=O)c1cc(C(=S)/C(C(=C)c2ccc(S)cc2)=C(\C)OC)c[nH]1. The third kappa shape index (κ3) is 4.91. The Morgan fingerprint density at radius 1 is 1.37 bits per heavy atom. The molecule has 0 fully saturated rings. The summed E-state index contributed by atoms with van der Waals surface area (Å²) in [6.07, 6.45) is 6.85. The maximum absolute atomic E-state index is 12.0. The molecule has 6 heteroatoms. The molecule has 0 radical (unpaired) electrons. The van der Waals surface area contributed by atoms with E-state index in [4.69, 9.17) is 23.4 Å². The summed E-state index contributed by atoms with van der Waals surface area (Å²) in [6.45, 7) is 6.17. The van der Waals surface area contributed by atoms with E-state index in [9.17, 15) is 4.79 Å². The highest BCUT2D eigenvalue weighted by Gasteiger charge is 2.19. The first-order chi connectivity index (χ1) is 12.9. The normalized spacial score (nSPS) is 11.2. The molecule has 0 bridgehead atoms. The molecule has 0 unspecified atom stereocenters. The van der Waals surface area contributed by atoms with Crippen LogP contribution >= 0.6 is 24.8 Å². The topological polar surface area (TPSA) is 54.1 Å². The molecule has 0 aliphatic heterocycles. The van der Waals surface area contributed by atoms with Crippen LogP contribution in [0, 0.1) is 12.3 Å². The van der Waals surface area contributed by atoms with Crippen LogP contribution in [0.25, 0.3) is 5.57 Å². The van der Waals surface area contributed by atoms with Crippen LogP contribution < -0.4 is 5.32 Å². The molecule has 1 aromatic heterocycles. The van der Waals surface area contributed by atoms with E-state index in [1.165, 1.54) is 0 Å². The standard InChI is InChI=1S/C21H20N2O2S2/c1-5-10-22-21(24)18-11-16(12-23-18)20(27)19(14(3)25-4)13(2)15-6-8-17(26)9-7-15/h1,6-9,11-12,23,26H,2,10H2,3-4H3,(H,22,24)/b19-14+. The minimum Gasteiger partial charge on any atom is -0.501 e. The minimum atomic E-state index is -0.292. The Labute approximate surface area is 170 Å². The highest BCUT2D eigenvalue weighted by Crippen LogP contribution is 2.29. The van der Waals surface area contributed by atoms with Gasteiger partial charge in [0.05, 0.1) is 18.5 Å². The van der Waals surface area contributed by atoms with E-state index in [2.05, 4.69) is 35.4 Å². The Balaban J connectivity index is 2.36. The Hall–Kier alpha value is -2.75. The number of hydrogen-bond acceptors (Lipinski definition) is 4. The molecule has 27 heavy (non-hydrogen) atoms. The average Bonchev–Trinajstić information content (AvgIpc) is 3.16. The zero-order valence-corrected chi connectivity index (χ0v) is 16.8. The Kier molecular flexibility index (Phi) is 7.05. The fraction of sp³-hybridized carbons (Fsp3) is 0.143. The summed E-state index contributed by atoms with van der Waals surface area (Å²) >= 11 is 9.98. The molecule has 2 N–H and O–H groups in total. The van der Waals surface area contributed by atoms with Crippen LogP contribution in [-0.2, 0) is 4.74 Å². The fourth-order valence-electron chi connectivity index (χ4n) is 2.45. The quantitative estimate of drug-likeness (QED) is 0.126. The van der Waals surface area contributed by atoms with Crippen molar-refractivity contribution < 1.29 is 9.53 Å². The highest BCUT2D eigenvalue weighted by molar-refractivity contribution is 7.81. The molecule has 0 saturated carbocycles. The van der Waals surface area contributed by atoms with E-state index in [1.54, 1.807) is 19.4 Å². The number of H-pyrrole nitrogens is 1. The van der Waals surface area contributed by atoms with Crippen molar-refractivity contribution in [3.05, 3.63) is 71.3 Å². The Morgan fingerprint density at radius 3 is 2.63 bits per heavy atom. The third-order valence-corrected chi connectivity index (χ3v) is 4.68. The van der Waals surface area contributed by atoms with Gasteiger partial charge in [-0.2, -0.15) is 0 Å². The van der Waals surface area contributed by atoms with Crippen molar-refractivity contribution in [3.8, 4) is 12.3 Å². The predicted octanol–water partition coefficient (Wildman–Crippen LogP) is 4.02. The van der Waals surface area contributed by atoms with Gasteiger partial charge in [-0.25, -0.2) is 0 Å². The van der Waals surface area contributed by atoms with Crippen LogP contribution in [0.2, 0.25) is 0 Å². The first kappa shape index (κ1) is 20.6. The number of amides is 1. The van der Waals surface area contributed by atoms with E-state index in [1.807, 2.05) is 31.2 Å². The maximum atomic E-state index is 12.0. The molecule has 1 aromatic carbocycles. The van der Waals surface area contributed by atoms with E-state index in [0.717, 1.165) is 16.0 Å². The monoisotopic (exact) mass is 396 g/mol. The maximum Gasteiger partial charge on any atom is 0.268 e. The largest absolute Gasteiger partial charge is 0.501 e. The first-order valence-corrected chi connectivity index (χ1v) is 8.93. The number of methoxy groups -OCH3 is 1. The number of aromatic nitrogens is 1. The number of aromatic amines is 1. The van der Waals surface area contributed by atoms with Gasteiger partial charge in [-0.15, -0.1) is 19.1 Å². The summed E-state index contributed by atoms with van der Waals surface area (Å²) in [5.41, 5.74) is 3.40. The van der Waals surface area contributed by atoms with Gasteiger partial charge in [-0.05, 0) is 36.3 Å². The van der Waals surface area contributed by atoms with Crippen molar-refractivity contribution in [2.45, 2.75) is 11.8 Å². The van der Waals surface area contributed by atoms with Crippen LogP contribution in [0.5, 0.6) is 0 Å². The number of thiocarbonyl (C=S) groups is 1. The number of terminal acetylenes is 1. The lowest BCUT2D eigenvalue weighted by molar-refractivity contribution is 0.0954. The number of thiol groups is 1. The van der Waals surface area contributed by atoms with Crippen molar-refractivity contribution in [1.29, 1.82) is 0 Å². The van der Waals surface area contributed by atoms with Crippen LogP contribution in [0.4, 0.5) is 0 Å². The summed E-state index contributed by atoms with van der Waals surface area (Å²) in [7, 11) is 1.58. The van der Waals surface area contributed by atoms with E-state index in [0.29, 0.717) is 27.5 Å². The molecule has 0 aliphatic rings. The smallest absolute Gasteiger partial charge is 0.268 e. The summed E-state index contributed by atoms with van der Waals surface area (Å²) in [6, 6.07) is 9.30. The molecule has 0 spiro atoms. The number of nitrogens with one attached hydrogen (secondary N) is 2. The molecule has 0 atom stereocenters. The van der Waals surface area contributed by atoms with Crippen LogP contribution in [0.3, 0.4) is 0 Å². The number of carbonyl (C=O) groups is 1. The molecule has 138 valence electrons. The lowest BCUT2D eigenvalue weighted by Gasteiger charge is -2.15. The van der Waals surface area contributed by atoms with Crippen molar-refractivity contribution >= 4 is 41.2 Å². The van der Waals surface area contributed by atoms with Gasteiger partial charge in [-0.1, -0.05) is 36.8 Å². The summed E-state index contributed by atoms with van der Waals surface area (Å²) in [4.78, 5) is 16.4. The van der Waals surface area contributed by atoms with Crippen molar-refractivity contribution in [3.63, 3.8) is 0 Å². The van der Waals surface area contributed by atoms with Gasteiger partial charge in [0.1, 0.15) is 11.5 Å². The molecule has 2 aromatic rings. The minimum absolute atomic E-state index is 0.156. The number of rotatable bonds is 7. The zero-order valence-electron chi connectivity index (χ0n) is 15.1. The van der Waals surface area contributed by atoms with Crippen LogP contribution in [-0.4, -0.2) is 29.4 Å². The van der Waals surface area contributed by atoms with Crippen LogP contribution in [0.1, 0.15) is 28.5 Å². The highest BCUT2D eigenvalue weighted by atomic mass is 32.1. The van der Waals surface area contributed by atoms with Gasteiger partial charge >= 0.3 is 0 Å². The third-order valence-electron chi connectivity index (χ3n) is 3.94. The van der Waals surface area contributed by atoms with Gasteiger partial charge in [-0.3, -0.25) is 4.79 Å². The molecule has 0 aliphatic carbocycles. The lowest BCUT2D eigenvalue weighted by atomic mass is 9.93. The van der Waals surface area contributed by atoms with Crippen molar-refractivity contribution in [2.75, 3.05) is 13.7 Å². The van der Waals surface area contributed by atoms with Crippen molar-refractivity contribution in [2.24, 2.45) is 0 Å². The average molecular weight is 397 g/mol. The van der Waals surface area contributed by atoms with Gasteiger partial charge < -0.3 is 15.0 Å². The van der Waals surface area contributed by atoms with E-state index >= 15 is 0 Å². The molecule has 1 amide bonds. The second-order valence-corrected chi connectivity index (χ2v) is 6.60. The number of allylic oxidation sites excluding steroid dienone is 3. The lowest BCUT2D eigenvalue weighted by Crippen LogP contribution is -2.23. The van der Waals surface area contributed by atoms with Crippen molar-refractivity contribution in [1.82, 2.24) is 10.3 Å². The summed E-state index contributed by atoms with van der Waals surface area (Å²) < 4.78 is 5.43. The van der Waals surface area contributed by atoms with Gasteiger partial charge in [0.15, 0.2) is 0 Å².